The highest BCUT2D eigenvalue weighted by molar-refractivity contribution is 7.10. The first kappa shape index (κ1) is 13.3. The Kier molecular flexibility index (Phi) is 3.66. The fourth-order valence-electron chi connectivity index (χ4n) is 1.53. The van der Waals surface area contributed by atoms with Crippen LogP contribution < -0.4 is 16.2 Å². The predicted molar refractivity (Wildman–Crippen MR) is 70.5 cm³/mol. The summed E-state index contributed by atoms with van der Waals surface area (Å²) in [5.74, 6) is -1.05. The fourth-order valence-corrected chi connectivity index (χ4v) is 2.13. The first-order valence-corrected chi connectivity index (χ1v) is 6.19. The molecule has 0 radical (unpaired) electrons. The molecule has 2 rings (SSSR count). The lowest BCUT2D eigenvalue weighted by Gasteiger charge is -2.06. The highest BCUT2D eigenvalue weighted by Gasteiger charge is 2.18. The summed E-state index contributed by atoms with van der Waals surface area (Å²) in [6.45, 7) is 1.75. The molecule has 100 valence electrons. The van der Waals surface area contributed by atoms with Crippen molar-refractivity contribution in [3.63, 3.8) is 0 Å². The number of rotatable bonds is 4. The molecule has 1 aromatic carbocycles. The van der Waals surface area contributed by atoms with Gasteiger partial charge in [-0.1, -0.05) is 12.1 Å². The summed E-state index contributed by atoms with van der Waals surface area (Å²) in [4.78, 5) is 11.2. The maximum absolute atomic E-state index is 13.6. The van der Waals surface area contributed by atoms with E-state index >= 15 is 0 Å². The molecule has 0 bridgehead atoms. The average Bonchev–Trinajstić information content (AvgIpc) is 2.69. The van der Waals surface area contributed by atoms with Crippen molar-refractivity contribution in [2.45, 2.75) is 13.5 Å². The molecule has 0 aliphatic heterocycles. The van der Waals surface area contributed by atoms with Gasteiger partial charge >= 0.3 is 0 Å². The number of hydrogen-bond donors (Lipinski definition) is 2. The number of amides is 1. The summed E-state index contributed by atoms with van der Waals surface area (Å²) >= 11 is 0.909. The Bertz CT molecular complexity index is 627. The van der Waals surface area contributed by atoms with Crippen molar-refractivity contribution >= 4 is 22.4 Å². The molecule has 0 spiro atoms. The predicted octanol–water partition coefficient (Wildman–Crippen LogP) is 1.85. The maximum atomic E-state index is 13.6. The van der Waals surface area contributed by atoms with Crippen molar-refractivity contribution in [1.82, 2.24) is 4.37 Å². The van der Waals surface area contributed by atoms with E-state index in [1.807, 2.05) is 0 Å². The third-order valence-electron chi connectivity index (χ3n) is 2.51. The van der Waals surface area contributed by atoms with Crippen molar-refractivity contribution in [3.8, 4) is 5.88 Å². The third-order valence-corrected chi connectivity index (χ3v) is 3.16. The van der Waals surface area contributed by atoms with Gasteiger partial charge in [-0.25, -0.2) is 4.39 Å². The number of nitrogens with zero attached hydrogens (tertiary/aromatic N) is 1. The second-order valence-electron chi connectivity index (χ2n) is 3.97. The molecule has 19 heavy (non-hydrogen) atoms. The first-order chi connectivity index (χ1) is 8.99. The highest BCUT2D eigenvalue weighted by Crippen LogP contribution is 2.28. The molecule has 5 nitrogen and oxygen atoms in total. The molecular weight excluding hydrogens is 269 g/mol. The van der Waals surface area contributed by atoms with Crippen LogP contribution in [0.25, 0.3) is 0 Å². The smallest absolute Gasteiger partial charge is 0.257 e. The van der Waals surface area contributed by atoms with Gasteiger partial charge in [0.05, 0.1) is 0 Å². The van der Waals surface area contributed by atoms with Crippen molar-refractivity contribution < 1.29 is 13.9 Å². The van der Waals surface area contributed by atoms with Gasteiger partial charge in [-0.15, -0.1) is 0 Å². The molecule has 1 aromatic heterocycles. The van der Waals surface area contributed by atoms with Crippen molar-refractivity contribution in [3.05, 3.63) is 40.7 Å². The van der Waals surface area contributed by atoms with E-state index in [2.05, 4.69) is 4.37 Å². The zero-order valence-corrected chi connectivity index (χ0v) is 11.0. The van der Waals surface area contributed by atoms with E-state index in [0.29, 0.717) is 5.56 Å². The molecule has 0 saturated heterocycles. The van der Waals surface area contributed by atoms with Gasteiger partial charge in [-0.2, -0.15) is 4.37 Å². The number of halogens is 1. The molecule has 2 aromatic rings. The Morgan fingerprint density at radius 1 is 1.53 bits per heavy atom. The number of carbonyl (C=O) groups excluding carboxylic acids is 1. The quantitative estimate of drug-likeness (QED) is 0.894. The molecule has 0 atom stereocenters. The van der Waals surface area contributed by atoms with Crippen molar-refractivity contribution in [2.75, 3.05) is 5.73 Å². The summed E-state index contributed by atoms with van der Waals surface area (Å²) in [6, 6.07) is 4.79. The number of aromatic nitrogens is 1. The Morgan fingerprint density at radius 2 is 2.26 bits per heavy atom. The number of primary amides is 1. The lowest BCUT2D eigenvalue weighted by molar-refractivity contribution is 0.0996. The molecule has 0 aliphatic rings. The molecule has 0 aliphatic carbocycles. The monoisotopic (exact) mass is 281 g/mol. The minimum Gasteiger partial charge on any atom is -0.471 e. The lowest BCUT2D eigenvalue weighted by atomic mass is 10.1. The summed E-state index contributed by atoms with van der Waals surface area (Å²) < 4.78 is 22.8. The van der Waals surface area contributed by atoms with Crippen LogP contribution in [0.1, 0.15) is 21.5 Å². The normalized spacial score (nSPS) is 10.4. The van der Waals surface area contributed by atoms with E-state index in [0.717, 1.165) is 17.1 Å². The van der Waals surface area contributed by atoms with E-state index < -0.39 is 5.91 Å². The van der Waals surface area contributed by atoms with Crippen molar-refractivity contribution in [2.24, 2.45) is 5.73 Å². The van der Waals surface area contributed by atoms with Gasteiger partial charge in [0.2, 0.25) is 5.88 Å². The number of benzene rings is 1. The maximum Gasteiger partial charge on any atom is 0.257 e. The standard InChI is InChI=1S/C12H12FN3O2S/c1-6-2-3-7(8(13)4-6)5-18-12-9(10(14)17)11(15)19-16-12/h2-4H,5,15H2,1H3,(H2,14,17). The zero-order valence-electron chi connectivity index (χ0n) is 10.1. The van der Waals surface area contributed by atoms with Gasteiger partial charge in [0, 0.05) is 5.56 Å². The Balaban J connectivity index is 2.17. The SMILES string of the molecule is Cc1ccc(COc2nsc(N)c2C(N)=O)c(F)c1. The van der Waals surface area contributed by atoms with E-state index in [1.54, 1.807) is 19.1 Å². The Hall–Kier alpha value is -2.15. The van der Waals surface area contributed by atoms with Gasteiger partial charge in [-0.3, -0.25) is 4.79 Å². The summed E-state index contributed by atoms with van der Waals surface area (Å²) in [5, 5.41) is 0.187. The number of ether oxygens (including phenoxy) is 1. The number of hydrogen-bond acceptors (Lipinski definition) is 5. The van der Waals surface area contributed by atoms with Gasteiger partial charge in [0.1, 0.15) is 23.0 Å². The third kappa shape index (κ3) is 2.82. The number of aryl methyl sites for hydroxylation is 1. The number of carbonyl (C=O) groups is 1. The van der Waals surface area contributed by atoms with Crippen molar-refractivity contribution in [1.29, 1.82) is 0 Å². The van der Waals surface area contributed by atoms with Crippen LogP contribution in [0.2, 0.25) is 0 Å². The van der Waals surface area contributed by atoms with E-state index in [1.165, 1.54) is 6.07 Å². The topological polar surface area (TPSA) is 91.2 Å². The minimum atomic E-state index is -0.717. The van der Waals surface area contributed by atoms with E-state index in [-0.39, 0.29) is 28.9 Å². The van der Waals surface area contributed by atoms with Gasteiger partial charge in [0.25, 0.3) is 5.91 Å². The molecule has 0 fully saturated rings. The van der Waals surface area contributed by atoms with E-state index in [9.17, 15) is 9.18 Å². The Morgan fingerprint density at radius 3 is 2.89 bits per heavy atom. The second kappa shape index (κ2) is 5.23. The van der Waals surface area contributed by atoms with Crippen LogP contribution >= 0.6 is 11.5 Å². The highest BCUT2D eigenvalue weighted by atomic mass is 32.1. The second-order valence-corrected chi connectivity index (χ2v) is 4.78. The van der Waals surface area contributed by atoms with Crippen LogP contribution in [-0.2, 0) is 6.61 Å². The molecule has 7 heteroatoms. The molecule has 1 heterocycles. The van der Waals surface area contributed by atoms with Gasteiger partial charge in [0.15, 0.2) is 0 Å². The summed E-state index contributed by atoms with van der Waals surface area (Å²) in [7, 11) is 0. The molecule has 0 unspecified atom stereocenters. The van der Waals surface area contributed by atoms with Gasteiger partial charge < -0.3 is 16.2 Å². The Labute approximate surface area is 113 Å². The minimum absolute atomic E-state index is 0.0370. The first-order valence-electron chi connectivity index (χ1n) is 5.42. The lowest BCUT2D eigenvalue weighted by Crippen LogP contribution is -2.13. The average molecular weight is 281 g/mol. The van der Waals surface area contributed by atoms with Crippen LogP contribution in [0, 0.1) is 12.7 Å². The van der Waals surface area contributed by atoms with Gasteiger partial charge in [-0.05, 0) is 30.1 Å². The zero-order chi connectivity index (χ0) is 14.0. The summed E-state index contributed by atoms with van der Waals surface area (Å²) in [5.41, 5.74) is 12.0. The van der Waals surface area contributed by atoms with Crippen LogP contribution in [-0.4, -0.2) is 10.3 Å². The summed E-state index contributed by atoms with van der Waals surface area (Å²) in [6.07, 6.45) is 0. The number of nitrogen functional groups attached to an aromatic ring is 1. The van der Waals surface area contributed by atoms with Crippen LogP contribution in [0.4, 0.5) is 9.39 Å². The molecular formula is C12H12FN3O2S. The number of anilines is 1. The van der Waals surface area contributed by atoms with Crippen LogP contribution in [0.15, 0.2) is 18.2 Å². The van der Waals surface area contributed by atoms with Crippen LogP contribution in [0.5, 0.6) is 5.88 Å². The largest absolute Gasteiger partial charge is 0.471 e. The molecule has 1 amide bonds. The molecule has 0 saturated carbocycles. The van der Waals surface area contributed by atoms with E-state index in [4.69, 9.17) is 16.2 Å². The molecule has 4 N–H and O–H groups in total. The fraction of sp³-hybridized carbons (Fsp3) is 0.167. The van der Waals surface area contributed by atoms with Crippen LogP contribution in [0.3, 0.4) is 0 Å². The number of nitrogens with two attached hydrogens (primary N) is 2.